The Bertz CT molecular complexity index is 390. The van der Waals surface area contributed by atoms with Gasteiger partial charge in [0.2, 0.25) is 5.91 Å². The van der Waals surface area contributed by atoms with E-state index in [1.807, 2.05) is 37.9 Å². The van der Waals surface area contributed by atoms with Crippen LogP contribution in [0, 0.1) is 0 Å². The van der Waals surface area contributed by atoms with Gasteiger partial charge in [0.1, 0.15) is 12.4 Å². The maximum absolute atomic E-state index is 11.5. The van der Waals surface area contributed by atoms with Gasteiger partial charge in [0, 0.05) is 18.3 Å². The average Bonchev–Trinajstić information content (AvgIpc) is 2.30. The molecule has 0 bridgehead atoms. The Hall–Kier alpha value is -1.75. The number of nitrogens with zero attached hydrogens (tertiary/aromatic N) is 1. The van der Waals surface area contributed by atoms with Crippen molar-refractivity contribution in [3.05, 3.63) is 24.3 Å². The molecular formula is C14H23N3O2. The van der Waals surface area contributed by atoms with Crippen LogP contribution < -0.4 is 15.8 Å². The van der Waals surface area contributed by atoms with Crippen LogP contribution in [-0.2, 0) is 4.79 Å². The number of rotatable bonds is 7. The first-order chi connectivity index (χ1) is 8.97. The van der Waals surface area contributed by atoms with Gasteiger partial charge in [-0.2, -0.15) is 0 Å². The third-order valence-electron chi connectivity index (χ3n) is 2.49. The molecule has 0 spiro atoms. The number of nitrogens with two attached hydrogens (primary N) is 1. The Kier molecular flexibility index (Phi) is 6.15. The van der Waals surface area contributed by atoms with Crippen molar-refractivity contribution < 1.29 is 9.53 Å². The molecule has 0 radical (unpaired) electrons. The number of anilines is 1. The van der Waals surface area contributed by atoms with Crippen molar-refractivity contribution in [3.63, 3.8) is 0 Å². The summed E-state index contributed by atoms with van der Waals surface area (Å²) in [6, 6.07) is 7.44. The highest BCUT2D eigenvalue weighted by Crippen LogP contribution is 2.12. The minimum Gasteiger partial charge on any atom is -0.492 e. The molecule has 0 saturated heterocycles. The fourth-order valence-corrected chi connectivity index (χ4v) is 1.58. The van der Waals surface area contributed by atoms with Crippen molar-refractivity contribution in [1.29, 1.82) is 0 Å². The zero-order valence-corrected chi connectivity index (χ0v) is 11.8. The lowest BCUT2D eigenvalue weighted by Gasteiger charge is -2.17. The van der Waals surface area contributed by atoms with E-state index in [1.165, 1.54) is 0 Å². The van der Waals surface area contributed by atoms with Crippen LogP contribution in [0.1, 0.15) is 13.8 Å². The molecule has 0 aliphatic carbocycles. The van der Waals surface area contributed by atoms with Crippen molar-refractivity contribution in [2.24, 2.45) is 0 Å². The Morgan fingerprint density at radius 2 is 2.00 bits per heavy atom. The molecule has 106 valence electrons. The minimum absolute atomic E-state index is 0.0324. The zero-order chi connectivity index (χ0) is 14.3. The van der Waals surface area contributed by atoms with E-state index in [2.05, 4.69) is 5.32 Å². The van der Waals surface area contributed by atoms with Crippen molar-refractivity contribution in [2.45, 2.75) is 19.9 Å². The van der Waals surface area contributed by atoms with Crippen molar-refractivity contribution in [3.8, 4) is 5.75 Å². The smallest absolute Gasteiger partial charge is 0.234 e. The van der Waals surface area contributed by atoms with Gasteiger partial charge in [-0.3, -0.25) is 9.69 Å². The van der Waals surface area contributed by atoms with E-state index in [0.29, 0.717) is 19.7 Å². The Labute approximate surface area is 114 Å². The largest absolute Gasteiger partial charge is 0.492 e. The number of likely N-dealkylation sites (N-methyl/N-ethyl adjacent to an activating group) is 1. The van der Waals surface area contributed by atoms with Crippen LogP contribution in [0.25, 0.3) is 0 Å². The molecule has 5 heteroatoms. The first kappa shape index (κ1) is 15.3. The van der Waals surface area contributed by atoms with Crippen LogP contribution in [0.15, 0.2) is 24.3 Å². The number of amides is 1. The average molecular weight is 265 g/mol. The maximum Gasteiger partial charge on any atom is 0.234 e. The number of carbonyl (C=O) groups is 1. The summed E-state index contributed by atoms with van der Waals surface area (Å²) in [5.74, 6) is 0.819. The highest BCUT2D eigenvalue weighted by Gasteiger charge is 2.07. The molecule has 0 heterocycles. The summed E-state index contributed by atoms with van der Waals surface area (Å²) in [5, 5.41) is 2.85. The lowest BCUT2D eigenvalue weighted by atomic mass is 10.3. The van der Waals surface area contributed by atoms with E-state index >= 15 is 0 Å². The predicted molar refractivity (Wildman–Crippen MR) is 77.1 cm³/mol. The van der Waals surface area contributed by atoms with Gasteiger partial charge in [-0.15, -0.1) is 0 Å². The lowest BCUT2D eigenvalue weighted by molar-refractivity contribution is -0.122. The first-order valence-electron chi connectivity index (χ1n) is 6.43. The third kappa shape index (κ3) is 6.67. The first-order valence-corrected chi connectivity index (χ1v) is 6.43. The molecule has 5 nitrogen and oxygen atoms in total. The Morgan fingerprint density at radius 1 is 1.37 bits per heavy atom. The van der Waals surface area contributed by atoms with E-state index in [9.17, 15) is 4.79 Å². The van der Waals surface area contributed by atoms with Gasteiger partial charge >= 0.3 is 0 Å². The topological polar surface area (TPSA) is 67.6 Å². The van der Waals surface area contributed by atoms with E-state index in [-0.39, 0.29) is 11.9 Å². The second kappa shape index (κ2) is 7.63. The van der Waals surface area contributed by atoms with Gasteiger partial charge in [0.15, 0.2) is 0 Å². The molecule has 1 rings (SSSR count). The molecule has 19 heavy (non-hydrogen) atoms. The molecular weight excluding hydrogens is 242 g/mol. The zero-order valence-electron chi connectivity index (χ0n) is 11.8. The van der Waals surface area contributed by atoms with Gasteiger partial charge in [-0.05, 0) is 45.2 Å². The third-order valence-corrected chi connectivity index (χ3v) is 2.49. The molecule has 1 aromatic rings. The summed E-state index contributed by atoms with van der Waals surface area (Å²) in [5.41, 5.74) is 6.31. The molecule has 3 N–H and O–H groups in total. The van der Waals surface area contributed by atoms with E-state index in [1.54, 1.807) is 12.1 Å². The highest BCUT2D eigenvalue weighted by molar-refractivity contribution is 5.78. The van der Waals surface area contributed by atoms with Crippen molar-refractivity contribution >= 4 is 11.6 Å². The van der Waals surface area contributed by atoms with Gasteiger partial charge in [0.25, 0.3) is 0 Å². The number of nitrogen functional groups attached to an aromatic ring is 1. The molecule has 0 aromatic heterocycles. The number of hydrogen-bond donors (Lipinski definition) is 2. The number of ether oxygens (including phenoxy) is 1. The molecule has 0 unspecified atom stereocenters. The fraction of sp³-hybridized carbons (Fsp3) is 0.500. The van der Waals surface area contributed by atoms with Gasteiger partial charge in [-0.25, -0.2) is 0 Å². The van der Waals surface area contributed by atoms with Crippen LogP contribution in [0.5, 0.6) is 5.75 Å². The van der Waals surface area contributed by atoms with Gasteiger partial charge in [0.05, 0.1) is 6.54 Å². The summed E-state index contributed by atoms with van der Waals surface area (Å²) in [4.78, 5) is 13.5. The lowest BCUT2D eigenvalue weighted by Crippen LogP contribution is -2.39. The van der Waals surface area contributed by atoms with Crippen molar-refractivity contribution in [1.82, 2.24) is 10.2 Å². The van der Waals surface area contributed by atoms with Crippen LogP contribution in [0.2, 0.25) is 0 Å². The predicted octanol–water partition coefficient (Wildman–Crippen LogP) is 1.10. The normalized spacial score (nSPS) is 10.8. The van der Waals surface area contributed by atoms with E-state index in [0.717, 1.165) is 11.4 Å². The van der Waals surface area contributed by atoms with Crippen LogP contribution in [0.4, 0.5) is 5.69 Å². The summed E-state index contributed by atoms with van der Waals surface area (Å²) in [6.07, 6.45) is 0. The molecule has 1 amide bonds. The van der Waals surface area contributed by atoms with Gasteiger partial charge in [-0.1, -0.05) is 0 Å². The molecule has 1 aromatic carbocycles. The Morgan fingerprint density at radius 3 is 2.58 bits per heavy atom. The standard InChI is InChI=1S/C14H23N3O2/c1-11(2)16-14(18)10-17(3)8-9-19-13-6-4-12(15)5-7-13/h4-7,11H,8-10,15H2,1-3H3,(H,16,18). The van der Waals surface area contributed by atoms with Crippen LogP contribution >= 0.6 is 0 Å². The van der Waals surface area contributed by atoms with Gasteiger partial charge < -0.3 is 15.8 Å². The monoisotopic (exact) mass is 265 g/mol. The summed E-state index contributed by atoms with van der Waals surface area (Å²) in [7, 11) is 1.90. The van der Waals surface area contributed by atoms with Crippen LogP contribution in [-0.4, -0.2) is 43.6 Å². The summed E-state index contributed by atoms with van der Waals surface area (Å²) in [6.45, 7) is 5.50. The number of hydrogen-bond acceptors (Lipinski definition) is 4. The Balaban J connectivity index is 2.21. The number of carbonyl (C=O) groups excluding carboxylic acids is 1. The molecule has 0 fully saturated rings. The van der Waals surface area contributed by atoms with Crippen LogP contribution in [0.3, 0.4) is 0 Å². The second-order valence-electron chi connectivity index (χ2n) is 4.88. The molecule has 0 atom stereocenters. The SMILES string of the molecule is CC(C)NC(=O)CN(C)CCOc1ccc(N)cc1. The van der Waals surface area contributed by atoms with E-state index < -0.39 is 0 Å². The minimum atomic E-state index is 0.0324. The fourth-order valence-electron chi connectivity index (χ4n) is 1.58. The molecule has 0 aliphatic heterocycles. The highest BCUT2D eigenvalue weighted by atomic mass is 16.5. The van der Waals surface area contributed by atoms with E-state index in [4.69, 9.17) is 10.5 Å². The molecule has 0 aliphatic rings. The van der Waals surface area contributed by atoms with Crippen molar-refractivity contribution in [2.75, 3.05) is 32.5 Å². The number of nitrogens with one attached hydrogen (secondary N) is 1. The molecule has 0 saturated carbocycles. The maximum atomic E-state index is 11.5. The second-order valence-corrected chi connectivity index (χ2v) is 4.88. The summed E-state index contributed by atoms with van der Waals surface area (Å²) < 4.78 is 5.57. The summed E-state index contributed by atoms with van der Waals surface area (Å²) >= 11 is 0. The quantitative estimate of drug-likeness (QED) is 0.725. The number of benzene rings is 1.